The summed E-state index contributed by atoms with van der Waals surface area (Å²) >= 11 is 1.45. The van der Waals surface area contributed by atoms with Gasteiger partial charge >= 0.3 is 0 Å². The minimum Gasteiger partial charge on any atom is -0.378 e. The molecule has 0 fully saturated rings. The number of hydrogen-bond acceptors (Lipinski definition) is 4. The third-order valence-electron chi connectivity index (χ3n) is 3.70. The molecular formula is C19H19N3OS. The maximum atomic E-state index is 12.9. The normalized spacial score (nSPS) is 10.4. The molecule has 0 aliphatic rings. The molecule has 0 saturated carbocycles. The molecule has 24 heavy (non-hydrogen) atoms. The quantitative estimate of drug-likeness (QED) is 0.704. The first-order chi connectivity index (χ1) is 11.6. The van der Waals surface area contributed by atoms with Gasteiger partial charge in [0.2, 0.25) is 0 Å². The Labute approximate surface area is 146 Å². The van der Waals surface area contributed by atoms with Crippen molar-refractivity contribution in [2.75, 3.05) is 23.9 Å². The largest absolute Gasteiger partial charge is 0.378 e. The predicted octanol–water partition coefficient (Wildman–Crippen LogP) is 4.06. The van der Waals surface area contributed by atoms with E-state index in [4.69, 9.17) is 0 Å². The van der Waals surface area contributed by atoms with Crippen LogP contribution in [-0.2, 0) is 6.54 Å². The second-order valence-electron chi connectivity index (χ2n) is 5.62. The molecule has 1 amide bonds. The highest BCUT2D eigenvalue weighted by molar-refractivity contribution is 7.12. The molecule has 5 heteroatoms. The van der Waals surface area contributed by atoms with E-state index < -0.39 is 0 Å². The van der Waals surface area contributed by atoms with Crippen molar-refractivity contribution >= 4 is 28.7 Å². The van der Waals surface area contributed by atoms with E-state index in [0.29, 0.717) is 17.2 Å². The first-order valence-electron chi connectivity index (χ1n) is 7.68. The standard InChI is InChI=1S/C19H19N3OS/c1-21(2)16-10-8-15(9-11-16)14-22(18-7-3-4-12-20-18)19(23)17-6-5-13-24-17/h3-13H,14H2,1-2H3. The van der Waals surface area contributed by atoms with Gasteiger partial charge in [-0.05, 0) is 41.3 Å². The van der Waals surface area contributed by atoms with Crippen LogP contribution in [-0.4, -0.2) is 25.0 Å². The fourth-order valence-electron chi connectivity index (χ4n) is 2.39. The number of thiophene rings is 1. The molecule has 0 aliphatic heterocycles. The van der Waals surface area contributed by atoms with E-state index in [1.165, 1.54) is 11.3 Å². The second kappa shape index (κ2) is 7.27. The molecule has 2 aromatic heterocycles. The van der Waals surface area contributed by atoms with Gasteiger partial charge in [0.25, 0.3) is 5.91 Å². The Hall–Kier alpha value is -2.66. The number of aromatic nitrogens is 1. The highest BCUT2D eigenvalue weighted by Gasteiger charge is 2.19. The summed E-state index contributed by atoms with van der Waals surface area (Å²) in [4.78, 5) is 21.7. The smallest absolute Gasteiger partial charge is 0.269 e. The molecule has 0 bridgehead atoms. The van der Waals surface area contributed by atoms with E-state index in [1.807, 2.05) is 61.9 Å². The molecule has 4 nitrogen and oxygen atoms in total. The second-order valence-corrected chi connectivity index (χ2v) is 6.57. The zero-order valence-corrected chi connectivity index (χ0v) is 14.5. The average Bonchev–Trinajstić information content (AvgIpc) is 3.15. The zero-order valence-electron chi connectivity index (χ0n) is 13.7. The van der Waals surface area contributed by atoms with Gasteiger partial charge in [-0.15, -0.1) is 11.3 Å². The Morgan fingerprint density at radius 2 is 1.83 bits per heavy atom. The maximum Gasteiger partial charge on any atom is 0.269 e. The van der Waals surface area contributed by atoms with E-state index in [1.54, 1.807) is 11.1 Å². The van der Waals surface area contributed by atoms with Crippen LogP contribution in [0.1, 0.15) is 15.2 Å². The lowest BCUT2D eigenvalue weighted by atomic mass is 10.2. The van der Waals surface area contributed by atoms with E-state index >= 15 is 0 Å². The molecule has 0 atom stereocenters. The Morgan fingerprint density at radius 1 is 1.04 bits per heavy atom. The number of carbonyl (C=O) groups is 1. The van der Waals surface area contributed by atoms with Crippen LogP contribution < -0.4 is 9.80 Å². The molecule has 1 aromatic carbocycles. The van der Waals surface area contributed by atoms with Gasteiger partial charge in [0.05, 0.1) is 11.4 Å². The highest BCUT2D eigenvalue weighted by atomic mass is 32.1. The van der Waals surface area contributed by atoms with E-state index in [0.717, 1.165) is 11.3 Å². The van der Waals surface area contributed by atoms with Crippen LogP contribution in [0.4, 0.5) is 11.5 Å². The summed E-state index contributed by atoms with van der Waals surface area (Å²) in [6, 6.07) is 17.6. The Balaban J connectivity index is 1.89. The molecular weight excluding hydrogens is 318 g/mol. The summed E-state index contributed by atoms with van der Waals surface area (Å²) in [7, 11) is 4.02. The van der Waals surface area contributed by atoms with Crippen LogP contribution in [0.2, 0.25) is 0 Å². The molecule has 0 aliphatic carbocycles. The third-order valence-corrected chi connectivity index (χ3v) is 4.55. The summed E-state index contributed by atoms with van der Waals surface area (Å²) in [6.45, 7) is 0.488. The molecule has 2 heterocycles. The van der Waals surface area contributed by atoms with Gasteiger partial charge in [0.15, 0.2) is 0 Å². The molecule has 0 spiro atoms. The minimum atomic E-state index is -0.0274. The first kappa shape index (κ1) is 16.2. The van der Waals surface area contributed by atoms with Gasteiger partial charge in [-0.3, -0.25) is 9.69 Å². The fraction of sp³-hybridized carbons (Fsp3) is 0.158. The van der Waals surface area contributed by atoms with Crippen LogP contribution in [0.5, 0.6) is 0 Å². The van der Waals surface area contributed by atoms with Gasteiger partial charge in [-0.25, -0.2) is 4.98 Å². The number of benzene rings is 1. The van der Waals surface area contributed by atoms with Crippen molar-refractivity contribution in [1.29, 1.82) is 0 Å². The van der Waals surface area contributed by atoms with Gasteiger partial charge in [0, 0.05) is 26.0 Å². The lowest BCUT2D eigenvalue weighted by Gasteiger charge is -2.22. The van der Waals surface area contributed by atoms with Crippen molar-refractivity contribution in [2.24, 2.45) is 0 Å². The van der Waals surface area contributed by atoms with E-state index in [2.05, 4.69) is 22.0 Å². The van der Waals surface area contributed by atoms with Crippen molar-refractivity contribution in [3.05, 3.63) is 76.6 Å². The van der Waals surface area contributed by atoms with Crippen molar-refractivity contribution in [1.82, 2.24) is 4.98 Å². The van der Waals surface area contributed by atoms with Crippen molar-refractivity contribution < 1.29 is 4.79 Å². The number of carbonyl (C=O) groups excluding carboxylic acids is 1. The van der Waals surface area contributed by atoms with Crippen LogP contribution in [0.15, 0.2) is 66.2 Å². The summed E-state index contributed by atoms with van der Waals surface area (Å²) in [5.41, 5.74) is 2.20. The van der Waals surface area contributed by atoms with Crippen LogP contribution in [0, 0.1) is 0 Å². The number of rotatable bonds is 5. The molecule has 3 aromatic rings. The highest BCUT2D eigenvalue weighted by Crippen LogP contribution is 2.21. The molecule has 0 radical (unpaired) electrons. The van der Waals surface area contributed by atoms with Crippen molar-refractivity contribution in [3.8, 4) is 0 Å². The SMILES string of the molecule is CN(C)c1ccc(CN(C(=O)c2cccs2)c2ccccn2)cc1. The van der Waals surface area contributed by atoms with Crippen LogP contribution in [0.3, 0.4) is 0 Å². The fourth-order valence-corrected chi connectivity index (χ4v) is 3.06. The number of nitrogens with zero attached hydrogens (tertiary/aromatic N) is 3. The van der Waals surface area contributed by atoms with Gasteiger partial charge in [-0.2, -0.15) is 0 Å². The number of anilines is 2. The van der Waals surface area contributed by atoms with Gasteiger partial charge in [-0.1, -0.05) is 24.3 Å². The summed E-state index contributed by atoms with van der Waals surface area (Å²) in [5, 5.41) is 1.91. The molecule has 122 valence electrons. The number of amides is 1. The molecule has 0 saturated heterocycles. The van der Waals surface area contributed by atoms with E-state index in [9.17, 15) is 4.79 Å². The van der Waals surface area contributed by atoms with Crippen molar-refractivity contribution in [2.45, 2.75) is 6.54 Å². The number of pyridine rings is 1. The minimum absolute atomic E-state index is 0.0274. The summed E-state index contributed by atoms with van der Waals surface area (Å²) in [5.74, 6) is 0.632. The average molecular weight is 337 g/mol. The van der Waals surface area contributed by atoms with Gasteiger partial charge in [0.1, 0.15) is 5.82 Å². The monoisotopic (exact) mass is 337 g/mol. The summed E-state index contributed by atoms with van der Waals surface area (Å²) in [6.07, 6.45) is 1.71. The van der Waals surface area contributed by atoms with Crippen LogP contribution >= 0.6 is 11.3 Å². The van der Waals surface area contributed by atoms with Crippen LogP contribution in [0.25, 0.3) is 0 Å². The Kier molecular flexibility index (Phi) is 4.91. The van der Waals surface area contributed by atoms with Crippen molar-refractivity contribution in [3.63, 3.8) is 0 Å². The van der Waals surface area contributed by atoms with Gasteiger partial charge < -0.3 is 4.90 Å². The molecule has 0 N–H and O–H groups in total. The Morgan fingerprint density at radius 3 is 2.42 bits per heavy atom. The predicted molar refractivity (Wildman–Crippen MR) is 99.8 cm³/mol. The zero-order chi connectivity index (χ0) is 16.9. The third kappa shape index (κ3) is 3.63. The molecule has 0 unspecified atom stereocenters. The lowest BCUT2D eigenvalue weighted by Crippen LogP contribution is -2.30. The number of hydrogen-bond donors (Lipinski definition) is 0. The Bertz CT molecular complexity index is 783. The molecule has 3 rings (SSSR count). The lowest BCUT2D eigenvalue weighted by molar-refractivity contribution is 0.0988. The summed E-state index contributed by atoms with van der Waals surface area (Å²) < 4.78 is 0. The topological polar surface area (TPSA) is 36.4 Å². The first-order valence-corrected chi connectivity index (χ1v) is 8.56. The van der Waals surface area contributed by atoms with E-state index in [-0.39, 0.29) is 5.91 Å². The maximum absolute atomic E-state index is 12.9.